The maximum atomic E-state index is 2.33. The zero-order chi connectivity index (χ0) is 23.3. The van der Waals surface area contributed by atoms with E-state index in [4.69, 9.17) is 0 Å². The fraction of sp³-hybridized carbons (Fsp3) is 0.143. The molecule has 0 fully saturated rings. The van der Waals surface area contributed by atoms with Crippen LogP contribution in [-0.2, 0) is 0 Å². The standard InChI is InChI=1S/C28H28BS4.Na/c1-30-25-13-5-21(6-14-25)29(22-7-15-26(31-2)16-8-22,23-9-17-27(32-3)18-10-23)24-11-19-28(33-4)20-12-24;/h5-20H,1-4H3;/q-1;+1. The third-order valence-electron chi connectivity index (χ3n) is 6.46. The van der Waals surface area contributed by atoms with Gasteiger partial charge in [-0.2, -0.15) is 21.9 Å². The Kier molecular flexibility index (Phi) is 10.7. The van der Waals surface area contributed by atoms with Crippen LogP contribution < -0.4 is 51.4 Å². The number of hydrogen-bond acceptors (Lipinski definition) is 4. The molecule has 4 aromatic rings. The largest absolute Gasteiger partial charge is 1.00 e. The molecule has 34 heavy (non-hydrogen) atoms. The first-order valence-electron chi connectivity index (χ1n) is 10.9. The van der Waals surface area contributed by atoms with E-state index in [-0.39, 0.29) is 29.6 Å². The van der Waals surface area contributed by atoms with Gasteiger partial charge in [-0.15, -0.1) is 47.0 Å². The number of hydrogen-bond donors (Lipinski definition) is 0. The van der Waals surface area contributed by atoms with Gasteiger partial charge in [0.1, 0.15) is 6.15 Å². The van der Waals surface area contributed by atoms with Crippen LogP contribution in [0.15, 0.2) is 117 Å². The van der Waals surface area contributed by atoms with Gasteiger partial charge in [0.2, 0.25) is 0 Å². The van der Waals surface area contributed by atoms with Crippen molar-refractivity contribution >= 4 is 75.0 Å². The third kappa shape index (κ3) is 5.67. The summed E-state index contributed by atoms with van der Waals surface area (Å²) in [6.45, 7) is 0. The van der Waals surface area contributed by atoms with E-state index in [9.17, 15) is 0 Å². The van der Waals surface area contributed by atoms with Crippen LogP contribution in [-0.4, -0.2) is 31.2 Å². The van der Waals surface area contributed by atoms with Gasteiger partial charge < -0.3 is 0 Å². The average molecular weight is 527 g/mol. The van der Waals surface area contributed by atoms with Crippen molar-refractivity contribution in [1.82, 2.24) is 0 Å². The van der Waals surface area contributed by atoms with Gasteiger partial charge in [-0.3, -0.25) is 0 Å². The van der Waals surface area contributed by atoms with Gasteiger partial charge in [0, 0.05) is 19.6 Å². The van der Waals surface area contributed by atoms with Crippen molar-refractivity contribution in [2.24, 2.45) is 0 Å². The molecule has 0 unspecified atom stereocenters. The van der Waals surface area contributed by atoms with Gasteiger partial charge in [-0.1, -0.05) is 97.1 Å². The summed E-state index contributed by atoms with van der Waals surface area (Å²) in [6, 6.07) is 36.8. The predicted molar refractivity (Wildman–Crippen MR) is 157 cm³/mol. The van der Waals surface area contributed by atoms with Crippen molar-refractivity contribution in [2.75, 3.05) is 25.0 Å². The minimum atomic E-state index is -1.34. The molecular weight excluding hydrogens is 498 g/mol. The second kappa shape index (κ2) is 13.1. The normalized spacial score (nSPS) is 11.2. The minimum Gasteiger partial charge on any atom is -0.195 e. The second-order valence-corrected chi connectivity index (χ2v) is 11.5. The van der Waals surface area contributed by atoms with Gasteiger partial charge in [0.15, 0.2) is 0 Å². The van der Waals surface area contributed by atoms with Crippen LogP contribution in [0.2, 0.25) is 0 Å². The van der Waals surface area contributed by atoms with Crippen LogP contribution in [0.3, 0.4) is 0 Å². The molecule has 0 amide bonds. The molecule has 0 N–H and O–H groups in total. The fourth-order valence-corrected chi connectivity index (χ4v) is 6.36. The molecule has 0 spiro atoms. The Morgan fingerprint density at radius 1 is 0.353 bits per heavy atom. The topological polar surface area (TPSA) is 0 Å². The Bertz CT molecular complexity index is 980. The van der Waals surface area contributed by atoms with E-state index in [1.54, 1.807) is 47.0 Å². The number of thioether (sulfide) groups is 4. The zero-order valence-electron chi connectivity index (χ0n) is 20.4. The Labute approximate surface area is 244 Å². The first-order valence-corrected chi connectivity index (χ1v) is 15.8. The van der Waals surface area contributed by atoms with E-state index in [2.05, 4.69) is 122 Å². The Morgan fingerprint density at radius 3 is 0.676 bits per heavy atom. The quantitative estimate of drug-likeness (QED) is 0.256. The molecular formula is C28H28BNaS4. The van der Waals surface area contributed by atoms with Crippen LogP contribution in [0, 0.1) is 0 Å². The maximum absolute atomic E-state index is 2.33. The molecule has 0 aliphatic rings. The summed E-state index contributed by atoms with van der Waals surface area (Å²) in [4.78, 5) is 5.15. The van der Waals surface area contributed by atoms with E-state index in [1.807, 2.05) is 0 Å². The summed E-state index contributed by atoms with van der Waals surface area (Å²) in [7, 11) is 0. The SMILES string of the molecule is CSc1ccc([B-](c2ccc(SC)cc2)(c2ccc(SC)cc2)c2ccc(SC)cc2)cc1.[Na+]. The summed E-state index contributed by atoms with van der Waals surface area (Å²) in [5.74, 6) is 0. The van der Waals surface area contributed by atoms with E-state index >= 15 is 0 Å². The summed E-state index contributed by atoms with van der Waals surface area (Å²) >= 11 is 7.16. The van der Waals surface area contributed by atoms with E-state index in [0.29, 0.717) is 0 Å². The second-order valence-electron chi connectivity index (χ2n) is 7.96. The van der Waals surface area contributed by atoms with Crippen molar-refractivity contribution in [3.8, 4) is 0 Å². The average Bonchev–Trinajstić information content (AvgIpc) is 2.90. The van der Waals surface area contributed by atoms with Crippen molar-refractivity contribution in [1.29, 1.82) is 0 Å². The molecule has 168 valence electrons. The summed E-state index contributed by atoms with van der Waals surface area (Å²) in [6.07, 6.45) is 7.21. The van der Waals surface area contributed by atoms with Crippen LogP contribution >= 0.6 is 47.0 Å². The molecule has 0 aliphatic carbocycles. The molecule has 4 aromatic carbocycles. The Morgan fingerprint density at radius 2 is 0.529 bits per heavy atom. The van der Waals surface area contributed by atoms with Crippen LogP contribution in [0.25, 0.3) is 0 Å². The maximum Gasteiger partial charge on any atom is 1.00 e. The molecule has 0 heterocycles. The predicted octanol–water partition coefficient (Wildman–Crippen LogP) is 2.96. The zero-order valence-corrected chi connectivity index (χ0v) is 25.7. The van der Waals surface area contributed by atoms with Crippen molar-refractivity contribution in [2.45, 2.75) is 19.6 Å². The van der Waals surface area contributed by atoms with Gasteiger partial charge in [0.25, 0.3) is 0 Å². The fourth-order valence-electron chi connectivity index (χ4n) is 4.73. The van der Waals surface area contributed by atoms with E-state index < -0.39 is 6.15 Å². The first-order chi connectivity index (χ1) is 16.1. The summed E-state index contributed by atoms with van der Waals surface area (Å²) in [5.41, 5.74) is 5.38. The van der Waals surface area contributed by atoms with Gasteiger partial charge in [-0.05, 0) is 25.0 Å². The minimum absolute atomic E-state index is 0. The van der Waals surface area contributed by atoms with Gasteiger partial charge >= 0.3 is 29.6 Å². The van der Waals surface area contributed by atoms with Gasteiger partial charge in [-0.25, -0.2) is 0 Å². The van der Waals surface area contributed by atoms with E-state index in [1.165, 1.54) is 41.4 Å². The Balaban J connectivity index is 0.00000324. The molecule has 6 heteroatoms. The molecule has 0 aromatic heterocycles. The number of rotatable bonds is 8. The Hall–Kier alpha value is -0.655. The van der Waals surface area contributed by atoms with Gasteiger partial charge in [0.05, 0.1) is 0 Å². The van der Waals surface area contributed by atoms with Crippen molar-refractivity contribution in [3.05, 3.63) is 97.1 Å². The molecule has 4 rings (SSSR count). The van der Waals surface area contributed by atoms with Crippen LogP contribution in [0.1, 0.15) is 0 Å². The summed E-state index contributed by atoms with van der Waals surface area (Å²) < 4.78 is 0. The van der Waals surface area contributed by atoms with Crippen LogP contribution in [0.5, 0.6) is 0 Å². The van der Waals surface area contributed by atoms with Crippen LogP contribution in [0.4, 0.5) is 0 Å². The summed E-state index contributed by atoms with van der Waals surface area (Å²) in [5, 5.41) is 0. The molecule has 0 atom stereocenters. The van der Waals surface area contributed by atoms with Crippen molar-refractivity contribution in [3.63, 3.8) is 0 Å². The monoisotopic (exact) mass is 526 g/mol. The number of benzene rings is 4. The van der Waals surface area contributed by atoms with E-state index in [0.717, 1.165) is 0 Å². The smallest absolute Gasteiger partial charge is 0.195 e. The molecule has 0 bridgehead atoms. The van der Waals surface area contributed by atoms with Crippen molar-refractivity contribution < 1.29 is 29.6 Å². The third-order valence-corrected chi connectivity index (χ3v) is 9.44. The molecule has 0 radical (unpaired) electrons. The molecule has 0 nitrogen and oxygen atoms in total. The molecule has 0 saturated carbocycles. The first kappa shape index (κ1) is 27.9. The molecule has 0 saturated heterocycles. The molecule has 0 aliphatic heterocycles.